The largest absolute Gasteiger partial charge is 0.492 e. The van der Waals surface area contributed by atoms with Crippen molar-refractivity contribution in [3.8, 4) is 23.3 Å². The fraction of sp³-hybridized carbons (Fsp3) is 0.500. The van der Waals surface area contributed by atoms with Crippen LogP contribution in [0.2, 0.25) is 0 Å². The van der Waals surface area contributed by atoms with E-state index >= 15 is 0 Å². The minimum Gasteiger partial charge on any atom is -0.492 e. The number of imide groups is 2. The molecule has 62 heavy (non-hydrogen) atoms. The monoisotopic (exact) mass is 844 g/mol. The van der Waals surface area contributed by atoms with Gasteiger partial charge in [-0.15, -0.1) is 0 Å². The molecule has 3 heterocycles. The predicted octanol–water partition coefficient (Wildman–Crippen LogP) is 5.73. The molecular weight excluding hydrogens is 789 g/mol. The molecule has 0 bridgehead atoms. The van der Waals surface area contributed by atoms with Gasteiger partial charge < -0.3 is 24.4 Å². The standard InChI is InChI=1S/C48H56N6O8/c1-8-60-39-22-34(14-11-30(39)23-49)62-46-47(4,5)45(48(46,6)7)51-41(56)29-9-12-31(13-10-29)52-24-28(25-52)26-53(27(2)3)32-19-35(20-32)61-33-15-16-36-37(21-33)44(59)54(43(36)58)38-17-18-40(55)50-42(38)57/h9-16,21-22,27-28,32,35,38,45-46H,8,17-20,24-26H2,1-7H3,(H,51,56)(H,50,55,57)/t32?,35?,38-,45?,46?/m1/s1. The van der Waals surface area contributed by atoms with Crippen molar-refractivity contribution >= 4 is 35.2 Å². The number of rotatable bonds is 14. The average Bonchev–Trinajstić information content (AvgIpc) is 3.44. The van der Waals surface area contributed by atoms with Gasteiger partial charge in [0.15, 0.2) is 0 Å². The van der Waals surface area contributed by atoms with Crippen molar-refractivity contribution in [2.75, 3.05) is 31.1 Å². The number of hydrogen-bond acceptors (Lipinski definition) is 11. The van der Waals surface area contributed by atoms with Crippen LogP contribution < -0.4 is 29.7 Å². The second-order valence-corrected chi connectivity index (χ2v) is 18.9. The Morgan fingerprint density at radius 1 is 0.919 bits per heavy atom. The number of nitriles is 1. The maximum absolute atomic E-state index is 13.6. The first-order valence-electron chi connectivity index (χ1n) is 21.8. The van der Waals surface area contributed by atoms with Gasteiger partial charge in [0, 0.05) is 91.1 Å². The first-order chi connectivity index (χ1) is 29.5. The summed E-state index contributed by atoms with van der Waals surface area (Å²) in [6, 6.07) is 19.7. The molecule has 0 radical (unpaired) electrons. The summed E-state index contributed by atoms with van der Waals surface area (Å²) >= 11 is 0. The number of carbonyl (C=O) groups excluding carboxylic acids is 5. The number of fused-ring (bicyclic) bond motifs is 1. The molecule has 3 aliphatic heterocycles. The molecule has 0 spiro atoms. The van der Waals surface area contributed by atoms with E-state index in [1.807, 2.05) is 31.2 Å². The van der Waals surface area contributed by atoms with Crippen molar-refractivity contribution in [1.82, 2.24) is 20.4 Å². The number of ether oxygens (including phenoxy) is 3. The van der Waals surface area contributed by atoms with Gasteiger partial charge in [-0.1, -0.05) is 27.7 Å². The summed E-state index contributed by atoms with van der Waals surface area (Å²) in [5.41, 5.74) is 1.88. The summed E-state index contributed by atoms with van der Waals surface area (Å²) in [4.78, 5) is 69.9. The lowest BCUT2D eigenvalue weighted by Gasteiger charge is -2.63. The number of nitrogens with zero attached hydrogens (tertiary/aromatic N) is 4. The number of anilines is 1. The molecule has 2 saturated heterocycles. The number of piperidine rings is 1. The van der Waals surface area contributed by atoms with E-state index in [4.69, 9.17) is 14.2 Å². The molecule has 3 aromatic rings. The van der Waals surface area contributed by atoms with Crippen LogP contribution in [0.5, 0.6) is 17.2 Å². The van der Waals surface area contributed by atoms with Crippen LogP contribution in [0.1, 0.15) is 111 Å². The molecule has 2 aliphatic carbocycles. The second-order valence-electron chi connectivity index (χ2n) is 18.9. The van der Waals surface area contributed by atoms with Crippen molar-refractivity contribution in [3.63, 3.8) is 0 Å². The summed E-state index contributed by atoms with van der Waals surface area (Å²) in [6.07, 6.45) is 1.67. The Bertz CT molecular complexity index is 2310. The Hall–Kier alpha value is -5.94. The highest BCUT2D eigenvalue weighted by Gasteiger charge is 2.64. The van der Waals surface area contributed by atoms with Crippen LogP contribution in [0, 0.1) is 28.1 Å². The Labute approximate surface area is 362 Å². The SMILES string of the molecule is CCOc1cc(OC2C(C)(C)C(NC(=O)c3ccc(N4CC(CN(C(C)C)C5CC(Oc6ccc7c(c6)C(=O)N([C@@H]6CCC(=O)NC6=O)C7=O)C5)C4)cc3)C2(C)C)ccc1C#N. The van der Waals surface area contributed by atoms with E-state index in [2.05, 4.69) is 68.0 Å². The fourth-order valence-corrected chi connectivity index (χ4v) is 10.5. The van der Waals surface area contributed by atoms with Crippen molar-refractivity contribution in [2.24, 2.45) is 16.7 Å². The highest BCUT2D eigenvalue weighted by molar-refractivity contribution is 6.23. The minimum absolute atomic E-state index is 0.0224. The van der Waals surface area contributed by atoms with E-state index in [1.54, 1.807) is 36.4 Å². The maximum atomic E-state index is 13.6. The summed E-state index contributed by atoms with van der Waals surface area (Å²) in [6.45, 7) is 18.0. The molecule has 326 valence electrons. The molecule has 5 amide bonds. The van der Waals surface area contributed by atoms with E-state index in [9.17, 15) is 29.2 Å². The molecule has 0 unspecified atom stereocenters. The number of hydrogen-bond donors (Lipinski definition) is 2. The van der Waals surface area contributed by atoms with Gasteiger partial charge in [0.25, 0.3) is 17.7 Å². The Balaban J connectivity index is 0.799. The van der Waals surface area contributed by atoms with Gasteiger partial charge in [0.2, 0.25) is 11.8 Å². The number of benzene rings is 3. The topological polar surface area (TPSA) is 171 Å². The van der Waals surface area contributed by atoms with Gasteiger partial charge in [-0.05, 0) is 81.8 Å². The summed E-state index contributed by atoms with van der Waals surface area (Å²) in [7, 11) is 0. The molecule has 2 N–H and O–H groups in total. The predicted molar refractivity (Wildman–Crippen MR) is 230 cm³/mol. The van der Waals surface area contributed by atoms with Crippen LogP contribution in [0.4, 0.5) is 5.69 Å². The summed E-state index contributed by atoms with van der Waals surface area (Å²) in [5, 5.41) is 15.0. The number of nitrogens with one attached hydrogen (secondary N) is 2. The minimum atomic E-state index is -1.01. The third kappa shape index (κ3) is 7.76. The third-order valence-corrected chi connectivity index (χ3v) is 13.6. The van der Waals surface area contributed by atoms with Crippen LogP contribution in [0.25, 0.3) is 0 Å². The van der Waals surface area contributed by atoms with Gasteiger partial charge in [-0.25, -0.2) is 0 Å². The third-order valence-electron chi connectivity index (χ3n) is 13.6. The van der Waals surface area contributed by atoms with E-state index < -0.39 is 29.7 Å². The van der Waals surface area contributed by atoms with Gasteiger partial charge >= 0.3 is 0 Å². The molecular formula is C48H56N6O8. The first kappa shape index (κ1) is 42.7. The van der Waals surface area contributed by atoms with E-state index in [0.717, 1.165) is 43.1 Å². The smallest absolute Gasteiger partial charge is 0.262 e. The van der Waals surface area contributed by atoms with Crippen LogP contribution >= 0.6 is 0 Å². The Kier molecular flexibility index (Phi) is 11.3. The summed E-state index contributed by atoms with van der Waals surface area (Å²) < 4.78 is 18.4. The molecule has 5 aliphatic rings. The highest BCUT2D eigenvalue weighted by Crippen LogP contribution is 2.55. The lowest BCUT2D eigenvalue weighted by atomic mass is 9.49. The number of carbonyl (C=O) groups is 5. The first-order valence-corrected chi connectivity index (χ1v) is 21.8. The maximum Gasteiger partial charge on any atom is 0.262 e. The zero-order valence-corrected chi connectivity index (χ0v) is 36.5. The molecule has 4 fully saturated rings. The normalized spacial score (nSPS) is 25.0. The molecule has 14 nitrogen and oxygen atoms in total. The van der Waals surface area contributed by atoms with Gasteiger partial charge in [-0.3, -0.25) is 39.1 Å². The van der Waals surface area contributed by atoms with Crippen molar-refractivity contribution in [1.29, 1.82) is 5.26 Å². The van der Waals surface area contributed by atoms with Gasteiger partial charge in [0.1, 0.15) is 41.6 Å². The molecule has 0 aromatic heterocycles. The van der Waals surface area contributed by atoms with Crippen LogP contribution in [-0.4, -0.2) is 102 Å². The zero-order valence-electron chi connectivity index (χ0n) is 36.5. The Morgan fingerprint density at radius 2 is 1.58 bits per heavy atom. The van der Waals surface area contributed by atoms with Crippen LogP contribution in [0.15, 0.2) is 60.7 Å². The zero-order chi connectivity index (χ0) is 44.2. The van der Waals surface area contributed by atoms with Crippen molar-refractivity contribution < 1.29 is 38.2 Å². The van der Waals surface area contributed by atoms with E-state index in [0.29, 0.717) is 53.0 Å². The number of amides is 5. The fourth-order valence-electron chi connectivity index (χ4n) is 10.5. The molecule has 14 heteroatoms. The molecule has 8 rings (SSSR count). The van der Waals surface area contributed by atoms with Crippen LogP contribution in [-0.2, 0) is 9.59 Å². The molecule has 3 aromatic carbocycles. The second kappa shape index (κ2) is 16.4. The van der Waals surface area contributed by atoms with Crippen molar-refractivity contribution in [2.45, 2.75) is 111 Å². The van der Waals surface area contributed by atoms with Gasteiger partial charge in [0.05, 0.1) is 23.3 Å². The quantitative estimate of drug-likeness (QED) is 0.190. The summed E-state index contributed by atoms with van der Waals surface area (Å²) in [5.74, 6) is -0.0965. The highest BCUT2D eigenvalue weighted by atomic mass is 16.5. The lowest BCUT2D eigenvalue weighted by molar-refractivity contribution is -0.164. The average molecular weight is 845 g/mol. The van der Waals surface area contributed by atoms with E-state index in [1.165, 1.54) is 0 Å². The van der Waals surface area contributed by atoms with Crippen molar-refractivity contribution in [3.05, 3.63) is 82.9 Å². The lowest BCUT2D eigenvalue weighted by Crippen LogP contribution is -2.74. The van der Waals surface area contributed by atoms with Gasteiger partial charge in [-0.2, -0.15) is 5.26 Å². The van der Waals surface area contributed by atoms with Crippen LogP contribution in [0.3, 0.4) is 0 Å². The Morgan fingerprint density at radius 3 is 2.23 bits per heavy atom. The molecule has 2 saturated carbocycles. The molecule has 1 atom stereocenters. The van der Waals surface area contributed by atoms with E-state index in [-0.39, 0.29) is 59.0 Å².